The maximum atomic E-state index is 13.2. The Balaban J connectivity index is 1.83. The van der Waals surface area contributed by atoms with E-state index in [0.29, 0.717) is 10.9 Å². The van der Waals surface area contributed by atoms with Crippen molar-refractivity contribution in [3.63, 3.8) is 0 Å². The lowest BCUT2D eigenvalue weighted by Crippen LogP contribution is -2.17. The number of thiophene rings is 1. The van der Waals surface area contributed by atoms with Gasteiger partial charge in [0.2, 0.25) is 0 Å². The van der Waals surface area contributed by atoms with Crippen molar-refractivity contribution >= 4 is 44.9 Å². The number of pyridine rings is 1. The average molecular weight is 422 g/mol. The van der Waals surface area contributed by atoms with E-state index in [-0.39, 0.29) is 27.0 Å². The van der Waals surface area contributed by atoms with E-state index in [4.69, 9.17) is 5.73 Å². The first kappa shape index (κ1) is 18.9. The first-order chi connectivity index (χ1) is 13.8. The summed E-state index contributed by atoms with van der Waals surface area (Å²) in [5.41, 5.74) is 5.31. The minimum Gasteiger partial charge on any atom is -0.365 e. The fourth-order valence-corrected chi connectivity index (χ4v) is 3.99. The second kappa shape index (κ2) is 6.84. The highest BCUT2D eigenvalue weighted by Gasteiger charge is 2.32. The summed E-state index contributed by atoms with van der Waals surface area (Å²) in [4.78, 5) is 38.5. The normalized spacial score (nSPS) is 13.8. The maximum absolute atomic E-state index is 13.2. The molecule has 0 radical (unpaired) electrons. The second-order valence-corrected chi connectivity index (χ2v) is 7.41. The zero-order chi connectivity index (χ0) is 20.9. The van der Waals surface area contributed by atoms with Gasteiger partial charge in [0, 0.05) is 5.39 Å². The van der Waals surface area contributed by atoms with Gasteiger partial charge < -0.3 is 21.2 Å². The predicted molar refractivity (Wildman–Crippen MR) is 98.3 cm³/mol. The largest absolute Gasteiger partial charge is 0.365 e. The smallest absolute Gasteiger partial charge is 0.343 e. The number of nitrogens with zero attached hydrogens (tertiary/aromatic N) is 3. The van der Waals surface area contributed by atoms with Crippen LogP contribution in [0.4, 0.5) is 20.3 Å². The molecule has 0 aromatic carbocycles. The number of hydrogen-bond acceptors (Lipinski definition) is 7. The zero-order valence-corrected chi connectivity index (χ0v) is 15.3. The molecule has 0 saturated heterocycles. The van der Waals surface area contributed by atoms with Crippen molar-refractivity contribution in [3.05, 3.63) is 44.1 Å². The van der Waals surface area contributed by atoms with Crippen LogP contribution in [-0.2, 0) is 0 Å². The standard InChI is InChI=1S/C16H12F2N6O4S/c17-13(18)7-3-6(5-1-2-5)10-11(12(14(19)25)29-16(10)20-7)21-15(26)8-4-9(23-22-8)24(27)28/h3-5,13H,1-2H2,(H2,19,25)(H,21,26)(H,22,23). The Morgan fingerprint density at radius 2 is 2.10 bits per heavy atom. The number of alkyl halides is 2. The van der Waals surface area contributed by atoms with Crippen LogP contribution >= 0.6 is 11.3 Å². The molecule has 13 heteroatoms. The molecule has 0 bridgehead atoms. The fraction of sp³-hybridized carbons (Fsp3) is 0.250. The van der Waals surface area contributed by atoms with Crippen LogP contribution < -0.4 is 11.1 Å². The van der Waals surface area contributed by atoms with Crippen molar-refractivity contribution in [2.45, 2.75) is 25.2 Å². The number of carbonyl (C=O) groups excluding carboxylic acids is 2. The molecule has 4 rings (SSSR count). The minimum absolute atomic E-state index is 0.00968. The maximum Gasteiger partial charge on any atom is 0.343 e. The Morgan fingerprint density at radius 1 is 1.38 bits per heavy atom. The summed E-state index contributed by atoms with van der Waals surface area (Å²) in [6.07, 6.45) is -1.23. The molecule has 1 aliphatic rings. The molecule has 0 unspecified atom stereocenters. The third-order valence-corrected chi connectivity index (χ3v) is 5.51. The number of primary amides is 1. The fourth-order valence-electron chi connectivity index (χ4n) is 2.97. The molecular weight excluding hydrogens is 410 g/mol. The zero-order valence-electron chi connectivity index (χ0n) is 14.4. The number of halogens is 2. The molecule has 4 N–H and O–H groups in total. The van der Waals surface area contributed by atoms with E-state index in [0.717, 1.165) is 30.2 Å². The number of aromatic amines is 1. The first-order valence-corrected chi connectivity index (χ1v) is 9.14. The van der Waals surface area contributed by atoms with Crippen LogP contribution in [0.3, 0.4) is 0 Å². The monoisotopic (exact) mass is 422 g/mol. The Bertz CT molecular complexity index is 1170. The number of fused-ring (bicyclic) bond motifs is 1. The highest BCUT2D eigenvalue weighted by atomic mass is 32.1. The SMILES string of the molecule is NC(=O)c1sc2nc(C(F)F)cc(C3CC3)c2c1NC(=O)c1cc([N+](=O)[O-])[nH]n1. The van der Waals surface area contributed by atoms with Gasteiger partial charge in [0.05, 0.1) is 11.8 Å². The number of nitrogens with two attached hydrogens (primary N) is 1. The van der Waals surface area contributed by atoms with Crippen LogP contribution in [0.2, 0.25) is 0 Å². The van der Waals surface area contributed by atoms with Gasteiger partial charge in [0.15, 0.2) is 5.69 Å². The lowest BCUT2D eigenvalue weighted by atomic mass is 10.0. The number of anilines is 1. The van der Waals surface area contributed by atoms with Crippen molar-refractivity contribution in [2.24, 2.45) is 5.73 Å². The summed E-state index contributed by atoms with van der Waals surface area (Å²) in [6, 6.07) is 2.21. The lowest BCUT2D eigenvalue weighted by molar-refractivity contribution is -0.389. The molecule has 1 saturated carbocycles. The van der Waals surface area contributed by atoms with Crippen molar-refractivity contribution < 1.29 is 23.3 Å². The summed E-state index contributed by atoms with van der Waals surface area (Å²) in [7, 11) is 0. The van der Waals surface area contributed by atoms with Crippen LogP contribution in [0.25, 0.3) is 10.2 Å². The molecule has 29 heavy (non-hydrogen) atoms. The van der Waals surface area contributed by atoms with Gasteiger partial charge in [-0.15, -0.1) is 16.4 Å². The van der Waals surface area contributed by atoms with E-state index in [1.54, 1.807) is 0 Å². The number of nitrogens with one attached hydrogen (secondary N) is 2. The summed E-state index contributed by atoms with van der Waals surface area (Å²) >= 11 is 0.800. The Hall–Kier alpha value is -3.48. The van der Waals surface area contributed by atoms with Gasteiger partial charge in [-0.1, -0.05) is 5.10 Å². The molecule has 0 aliphatic heterocycles. The summed E-state index contributed by atoms with van der Waals surface area (Å²) in [5.74, 6) is -2.16. The van der Waals surface area contributed by atoms with Gasteiger partial charge in [0.25, 0.3) is 18.2 Å². The number of carbonyl (C=O) groups is 2. The molecule has 0 spiro atoms. The van der Waals surface area contributed by atoms with Crippen molar-refractivity contribution in [2.75, 3.05) is 5.32 Å². The van der Waals surface area contributed by atoms with E-state index in [1.807, 2.05) is 0 Å². The quantitative estimate of drug-likeness (QED) is 0.409. The summed E-state index contributed by atoms with van der Waals surface area (Å²) in [6.45, 7) is 0. The summed E-state index contributed by atoms with van der Waals surface area (Å²) in [5, 5.41) is 19.3. The van der Waals surface area contributed by atoms with E-state index in [2.05, 4.69) is 20.5 Å². The Labute approximate surface area is 164 Å². The van der Waals surface area contributed by atoms with Crippen molar-refractivity contribution in [3.8, 4) is 0 Å². The minimum atomic E-state index is -2.79. The molecule has 2 amide bonds. The average Bonchev–Trinajstić information content (AvgIpc) is 3.25. The number of nitro groups is 1. The molecule has 0 atom stereocenters. The second-order valence-electron chi connectivity index (χ2n) is 6.41. The van der Waals surface area contributed by atoms with Gasteiger partial charge in [0.1, 0.15) is 15.4 Å². The van der Waals surface area contributed by atoms with Gasteiger partial charge in [-0.2, -0.15) is 0 Å². The molecular formula is C16H12F2N6O4S. The van der Waals surface area contributed by atoms with Crippen LogP contribution in [-0.4, -0.2) is 31.9 Å². The van der Waals surface area contributed by atoms with Gasteiger partial charge in [-0.25, -0.2) is 13.8 Å². The third kappa shape index (κ3) is 3.40. The van der Waals surface area contributed by atoms with Crippen LogP contribution in [0.5, 0.6) is 0 Å². The van der Waals surface area contributed by atoms with E-state index >= 15 is 0 Å². The van der Waals surface area contributed by atoms with Crippen molar-refractivity contribution in [1.29, 1.82) is 0 Å². The van der Waals surface area contributed by atoms with Gasteiger partial charge in [-0.05, 0) is 35.3 Å². The first-order valence-electron chi connectivity index (χ1n) is 8.32. The van der Waals surface area contributed by atoms with Crippen LogP contribution in [0.1, 0.15) is 56.6 Å². The van der Waals surface area contributed by atoms with E-state index in [1.165, 1.54) is 6.07 Å². The predicted octanol–water partition coefficient (Wildman–Crippen LogP) is 3.09. The topological polar surface area (TPSA) is 157 Å². The van der Waals surface area contributed by atoms with Crippen molar-refractivity contribution in [1.82, 2.24) is 15.2 Å². The van der Waals surface area contributed by atoms with Gasteiger partial charge >= 0.3 is 5.82 Å². The Kier molecular flexibility index (Phi) is 4.45. The molecule has 3 aromatic rings. The number of H-pyrrole nitrogens is 1. The molecule has 1 fully saturated rings. The molecule has 150 valence electrons. The molecule has 3 heterocycles. The van der Waals surface area contributed by atoms with E-state index in [9.17, 15) is 28.5 Å². The number of hydrogen-bond donors (Lipinski definition) is 3. The van der Waals surface area contributed by atoms with Gasteiger partial charge in [-0.3, -0.25) is 9.59 Å². The molecule has 3 aromatic heterocycles. The molecule has 1 aliphatic carbocycles. The molecule has 10 nitrogen and oxygen atoms in total. The Morgan fingerprint density at radius 3 is 2.66 bits per heavy atom. The number of aromatic nitrogens is 3. The third-order valence-electron chi connectivity index (χ3n) is 4.41. The highest BCUT2D eigenvalue weighted by Crippen LogP contribution is 2.48. The highest BCUT2D eigenvalue weighted by molar-refractivity contribution is 7.21. The van der Waals surface area contributed by atoms with Crippen LogP contribution in [0.15, 0.2) is 12.1 Å². The number of rotatable bonds is 6. The van der Waals surface area contributed by atoms with E-state index < -0.39 is 34.7 Å². The lowest BCUT2D eigenvalue weighted by Gasteiger charge is -2.09. The van der Waals surface area contributed by atoms with Crippen LogP contribution in [0, 0.1) is 10.1 Å². The summed E-state index contributed by atoms with van der Waals surface area (Å²) < 4.78 is 26.5. The number of amides is 2.